The van der Waals surface area contributed by atoms with Crippen LogP contribution in [0.15, 0.2) is 0 Å². The second-order valence-corrected chi connectivity index (χ2v) is 4.31. The van der Waals surface area contributed by atoms with Gasteiger partial charge in [-0.25, -0.2) is 15.6 Å². The predicted octanol–water partition coefficient (Wildman–Crippen LogP) is -0.329. The number of nitrogens with two attached hydrogens (primary N) is 1. The summed E-state index contributed by atoms with van der Waals surface area (Å²) in [5, 5.41) is 0.887. The highest BCUT2D eigenvalue weighted by Crippen LogP contribution is 2.56. The fourth-order valence-electron chi connectivity index (χ4n) is 2.13. The molecule has 0 heterocycles. The molecule has 0 unspecified atom stereocenters. The number of nitrogens with zero attached hydrogens (tertiary/aromatic N) is 1. The van der Waals surface area contributed by atoms with Crippen LogP contribution in [0.25, 0.3) is 0 Å². The van der Waals surface area contributed by atoms with E-state index in [9.17, 15) is 14.4 Å². The SMILES string of the molecule is COC(=O)N(N)CC[C@@H]1CC1(C(=O)OC)C(=O)OC. The maximum absolute atomic E-state index is 11.7. The number of hydrogen-bond acceptors (Lipinski definition) is 7. The highest BCUT2D eigenvalue weighted by Gasteiger charge is 2.67. The first-order chi connectivity index (χ1) is 8.93. The van der Waals surface area contributed by atoms with Crippen molar-refractivity contribution >= 4 is 18.0 Å². The molecule has 1 rings (SSSR count). The summed E-state index contributed by atoms with van der Waals surface area (Å²) >= 11 is 0. The van der Waals surface area contributed by atoms with Crippen LogP contribution in [0.3, 0.4) is 0 Å². The van der Waals surface area contributed by atoms with E-state index in [-0.39, 0.29) is 12.5 Å². The number of rotatable bonds is 5. The van der Waals surface area contributed by atoms with Gasteiger partial charge in [0.2, 0.25) is 0 Å². The zero-order valence-corrected chi connectivity index (χ0v) is 11.2. The van der Waals surface area contributed by atoms with Crippen LogP contribution in [-0.4, -0.2) is 50.9 Å². The smallest absolute Gasteiger partial charge is 0.423 e. The van der Waals surface area contributed by atoms with Gasteiger partial charge in [0.05, 0.1) is 21.3 Å². The Labute approximate surface area is 110 Å². The first kappa shape index (κ1) is 15.2. The largest absolute Gasteiger partial charge is 0.468 e. The van der Waals surface area contributed by atoms with Gasteiger partial charge < -0.3 is 14.2 Å². The number of ether oxygens (including phenoxy) is 3. The van der Waals surface area contributed by atoms with Crippen LogP contribution in [0.4, 0.5) is 4.79 Å². The van der Waals surface area contributed by atoms with Gasteiger partial charge in [-0.1, -0.05) is 0 Å². The van der Waals surface area contributed by atoms with Crippen molar-refractivity contribution in [1.82, 2.24) is 5.01 Å². The second kappa shape index (κ2) is 5.87. The molecule has 1 aliphatic carbocycles. The Morgan fingerprint density at radius 3 is 2.11 bits per heavy atom. The summed E-state index contributed by atoms with van der Waals surface area (Å²) in [6.07, 6.45) is 0.0411. The van der Waals surface area contributed by atoms with E-state index < -0.39 is 23.4 Å². The fraction of sp³-hybridized carbons (Fsp3) is 0.727. The van der Waals surface area contributed by atoms with Gasteiger partial charge in [0.25, 0.3) is 0 Å². The summed E-state index contributed by atoms with van der Waals surface area (Å²) in [5.74, 6) is 3.95. The average Bonchev–Trinajstić information content (AvgIpc) is 3.17. The number of hydrazine groups is 1. The van der Waals surface area contributed by atoms with Crippen LogP contribution < -0.4 is 5.84 Å². The van der Waals surface area contributed by atoms with Gasteiger partial charge >= 0.3 is 18.0 Å². The normalized spacial score (nSPS) is 19.3. The molecule has 0 bridgehead atoms. The molecule has 108 valence electrons. The topological polar surface area (TPSA) is 108 Å². The molecule has 1 aliphatic rings. The monoisotopic (exact) mass is 274 g/mol. The van der Waals surface area contributed by atoms with Gasteiger partial charge in [0, 0.05) is 6.54 Å². The van der Waals surface area contributed by atoms with Gasteiger partial charge in [0.1, 0.15) is 0 Å². The molecule has 0 aliphatic heterocycles. The van der Waals surface area contributed by atoms with Crippen LogP contribution in [0, 0.1) is 11.3 Å². The van der Waals surface area contributed by atoms with Crippen LogP contribution >= 0.6 is 0 Å². The molecular formula is C11H18N2O6. The molecule has 1 amide bonds. The summed E-state index contributed by atoms with van der Waals surface area (Å²) < 4.78 is 13.7. The number of hydrogen-bond donors (Lipinski definition) is 1. The van der Waals surface area contributed by atoms with E-state index in [0.717, 1.165) is 5.01 Å². The third-order valence-electron chi connectivity index (χ3n) is 3.33. The summed E-state index contributed by atoms with van der Waals surface area (Å²) in [6, 6.07) is 0. The molecule has 19 heavy (non-hydrogen) atoms. The number of carbonyl (C=O) groups excluding carboxylic acids is 3. The van der Waals surface area contributed by atoms with Gasteiger partial charge in [-0.05, 0) is 18.8 Å². The molecule has 1 atom stereocenters. The number of esters is 2. The summed E-state index contributed by atoms with van der Waals surface area (Å²) in [5.41, 5.74) is -1.25. The molecule has 0 aromatic heterocycles. The Morgan fingerprint density at radius 2 is 1.68 bits per heavy atom. The van der Waals surface area contributed by atoms with E-state index in [1.165, 1.54) is 21.3 Å². The fourth-order valence-corrected chi connectivity index (χ4v) is 2.13. The molecule has 2 N–H and O–H groups in total. The molecule has 0 spiro atoms. The van der Waals surface area contributed by atoms with E-state index in [4.69, 9.17) is 5.84 Å². The lowest BCUT2D eigenvalue weighted by Crippen LogP contribution is -2.39. The van der Waals surface area contributed by atoms with Gasteiger partial charge in [0.15, 0.2) is 5.41 Å². The van der Waals surface area contributed by atoms with Crippen LogP contribution in [0.2, 0.25) is 0 Å². The predicted molar refractivity (Wildman–Crippen MR) is 62.5 cm³/mol. The molecule has 8 heteroatoms. The Balaban J connectivity index is 2.60. The summed E-state index contributed by atoms with van der Waals surface area (Å²) in [4.78, 5) is 34.4. The molecule has 8 nitrogen and oxygen atoms in total. The Kier molecular flexibility index (Phi) is 4.71. The molecule has 1 fully saturated rings. The standard InChI is InChI=1S/C11H18N2O6/c1-17-8(14)11(9(15)18-2)6-7(11)4-5-13(12)10(16)19-3/h7H,4-6,12H2,1-3H3/t7-/m1/s1. The van der Waals surface area contributed by atoms with Gasteiger partial charge in [-0.2, -0.15) is 0 Å². The minimum atomic E-state index is -1.25. The quantitative estimate of drug-likeness (QED) is 0.183. The van der Waals surface area contributed by atoms with Crippen molar-refractivity contribution in [3.8, 4) is 0 Å². The summed E-state index contributed by atoms with van der Waals surface area (Å²) in [6.45, 7) is 0.174. The minimum absolute atomic E-state index is 0.174. The van der Waals surface area contributed by atoms with E-state index >= 15 is 0 Å². The second-order valence-electron chi connectivity index (χ2n) is 4.31. The maximum atomic E-state index is 11.7. The third kappa shape index (κ3) is 2.78. The molecule has 0 radical (unpaired) electrons. The number of amides is 1. The van der Waals surface area contributed by atoms with Crippen molar-refractivity contribution in [2.24, 2.45) is 17.2 Å². The van der Waals surface area contributed by atoms with Crippen molar-refractivity contribution < 1.29 is 28.6 Å². The van der Waals surface area contributed by atoms with E-state index in [1.807, 2.05) is 0 Å². The molecule has 1 saturated carbocycles. The van der Waals surface area contributed by atoms with Crippen LogP contribution in [-0.2, 0) is 23.8 Å². The van der Waals surface area contributed by atoms with Gasteiger partial charge in [-0.15, -0.1) is 0 Å². The molecular weight excluding hydrogens is 256 g/mol. The Bertz CT molecular complexity index is 367. The minimum Gasteiger partial charge on any atom is -0.468 e. The summed E-state index contributed by atoms with van der Waals surface area (Å²) in [7, 11) is 3.64. The Hall–Kier alpha value is -1.83. The van der Waals surface area contributed by atoms with E-state index in [0.29, 0.717) is 12.8 Å². The highest BCUT2D eigenvalue weighted by molar-refractivity contribution is 6.03. The first-order valence-corrected chi connectivity index (χ1v) is 5.71. The number of carbonyl (C=O) groups is 3. The molecule has 0 saturated heterocycles. The van der Waals surface area contributed by atoms with Gasteiger partial charge in [-0.3, -0.25) is 9.59 Å². The number of methoxy groups -OCH3 is 3. The lowest BCUT2D eigenvalue weighted by atomic mass is 10.0. The van der Waals surface area contributed by atoms with E-state index in [1.54, 1.807) is 0 Å². The molecule has 0 aromatic rings. The Morgan fingerprint density at radius 1 is 1.16 bits per heavy atom. The molecule has 0 aromatic carbocycles. The average molecular weight is 274 g/mol. The van der Waals surface area contributed by atoms with E-state index in [2.05, 4.69) is 14.2 Å². The zero-order chi connectivity index (χ0) is 14.6. The third-order valence-corrected chi connectivity index (χ3v) is 3.33. The lowest BCUT2D eigenvalue weighted by molar-refractivity contribution is -0.162. The lowest BCUT2D eigenvalue weighted by Gasteiger charge is -2.16. The van der Waals surface area contributed by atoms with Crippen molar-refractivity contribution in [1.29, 1.82) is 0 Å². The maximum Gasteiger partial charge on any atom is 0.423 e. The highest BCUT2D eigenvalue weighted by atomic mass is 16.6. The van der Waals surface area contributed by atoms with Crippen molar-refractivity contribution in [3.05, 3.63) is 0 Å². The van der Waals surface area contributed by atoms with Crippen molar-refractivity contribution in [2.75, 3.05) is 27.9 Å². The van der Waals surface area contributed by atoms with Crippen molar-refractivity contribution in [2.45, 2.75) is 12.8 Å². The zero-order valence-electron chi connectivity index (χ0n) is 11.2. The van der Waals surface area contributed by atoms with Crippen LogP contribution in [0.1, 0.15) is 12.8 Å². The first-order valence-electron chi connectivity index (χ1n) is 5.71. The van der Waals surface area contributed by atoms with Crippen molar-refractivity contribution in [3.63, 3.8) is 0 Å². The van der Waals surface area contributed by atoms with Crippen LogP contribution in [0.5, 0.6) is 0 Å².